The Kier molecular flexibility index (Phi) is 7.94. The third kappa shape index (κ3) is 5.70. The summed E-state index contributed by atoms with van der Waals surface area (Å²) < 4.78 is 6.47. The predicted octanol–water partition coefficient (Wildman–Crippen LogP) is 4.79. The van der Waals surface area contributed by atoms with Gasteiger partial charge in [-0.15, -0.1) is 24.0 Å². The Hall–Kier alpha value is -1.09. The molecule has 3 rings (SSSR count). The zero-order valence-electron chi connectivity index (χ0n) is 15.3. The Morgan fingerprint density at radius 2 is 2.08 bits per heavy atom. The quantitative estimate of drug-likeness (QED) is 0.319. The smallest absolute Gasteiger partial charge is 0.191 e. The SMILES string of the molecule is CCNC(=NCc1cc(C(C)C)no1)NC1CC1c1ccc(Br)cc1.I. The Morgan fingerprint density at radius 1 is 1.35 bits per heavy atom. The number of guanidine groups is 1. The summed E-state index contributed by atoms with van der Waals surface area (Å²) in [4.78, 5) is 4.63. The van der Waals surface area contributed by atoms with Crippen LogP contribution in [0.1, 0.15) is 56.0 Å². The second-order valence-corrected chi connectivity index (χ2v) is 7.63. The average molecular weight is 533 g/mol. The van der Waals surface area contributed by atoms with Crippen LogP contribution in [-0.2, 0) is 6.54 Å². The summed E-state index contributed by atoms with van der Waals surface area (Å²) in [5.74, 6) is 2.54. The second kappa shape index (κ2) is 9.73. The van der Waals surface area contributed by atoms with Gasteiger partial charge in [0, 0.05) is 29.0 Å². The first-order valence-corrected chi connectivity index (χ1v) is 9.62. The fourth-order valence-electron chi connectivity index (χ4n) is 2.76. The molecule has 0 saturated heterocycles. The van der Waals surface area contributed by atoms with Crippen LogP contribution in [0.25, 0.3) is 0 Å². The van der Waals surface area contributed by atoms with Crippen molar-refractivity contribution in [2.24, 2.45) is 4.99 Å². The van der Waals surface area contributed by atoms with Crippen molar-refractivity contribution >= 4 is 45.9 Å². The van der Waals surface area contributed by atoms with Gasteiger partial charge in [-0.25, -0.2) is 4.99 Å². The van der Waals surface area contributed by atoms with Crippen molar-refractivity contribution in [3.05, 3.63) is 51.8 Å². The second-order valence-electron chi connectivity index (χ2n) is 6.71. The lowest BCUT2D eigenvalue weighted by Crippen LogP contribution is -2.39. The average Bonchev–Trinajstić information content (AvgIpc) is 3.18. The summed E-state index contributed by atoms with van der Waals surface area (Å²) in [5, 5.41) is 10.9. The summed E-state index contributed by atoms with van der Waals surface area (Å²) in [6.45, 7) is 7.60. The molecular weight excluding hydrogens is 507 g/mol. The lowest BCUT2D eigenvalue weighted by Gasteiger charge is -2.11. The van der Waals surface area contributed by atoms with Gasteiger partial charge in [-0.05, 0) is 37.0 Å². The summed E-state index contributed by atoms with van der Waals surface area (Å²) in [5.41, 5.74) is 2.34. The van der Waals surface area contributed by atoms with Crippen LogP contribution in [-0.4, -0.2) is 23.7 Å². The maximum atomic E-state index is 5.36. The van der Waals surface area contributed by atoms with Gasteiger partial charge in [-0.1, -0.05) is 47.1 Å². The fraction of sp³-hybridized carbons (Fsp3) is 0.474. The van der Waals surface area contributed by atoms with E-state index in [0.29, 0.717) is 24.4 Å². The van der Waals surface area contributed by atoms with Crippen LogP contribution in [0, 0.1) is 0 Å². The predicted molar refractivity (Wildman–Crippen MR) is 119 cm³/mol. The van der Waals surface area contributed by atoms with E-state index in [4.69, 9.17) is 4.52 Å². The Morgan fingerprint density at radius 3 is 2.69 bits per heavy atom. The molecule has 1 aliphatic carbocycles. The Bertz CT molecular complexity index is 729. The molecule has 5 nitrogen and oxygen atoms in total. The van der Waals surface area contributed by atoms with Gasteiger partial charge >= 0.3 is 0 Å². The monoisotopic (exact) mass is 532 g/mol. The minimum absolute atomic E-state index is 0. The molecule has 0 amide bonds. The van der Waals surface area contributed by atoms with Gasteiger partial charge < -0.3 is 15.2 Å². The van der Waals surface area contributed by atoms with Crippen molar-refractivity contribution in [3.63, 3.8) is 0 Å². The maximum absolute atomic E-state index is 5.36. The van der Waals surface area contributed by atoms with Crippen LogP contribution in [0.2, 0.25) is 0 Å². The van der Waals surface area contributed by atoms with E-state index in [2.05, 4.69) is 81.7 Å². The van der Waals surface area contributed by atoms with E-state index in [0.717, 1.165) is 34.9 Å². The molecular formula is C19H26BrIN4O. The highest BCUT2D eigenvalue weighted by atomic mass is 127. The first-order chi connectivity index (χ1) is 12.1. The van der Waals surface area contributed by atoms with E-state index < -0.39 is 0 Å². The molecule has 1 aromatic heterocycles. The third-order valence-corrected chi connectivity index (χ3v) is 4.85. The van der Waals surface area contributed by atoms with Crippen molar-refractivity contribution in [3.8, 4) is 0 Å². The van der Waals surface area contributed by atoms with Gasteiger partial charge in [0.1, 0.15) is 6.54 Å². The molecule has 0 radical (unpaired) electrons. The maximum Gasteiger partial charge on any atom is 0.191 e. The van der Waals surface area contributed by atoms with Crippen LogP contribution in [0.5, 0.6) is 0 Å². The number of hydrogen-bond acceptors (Lipinski definition) is 3. The van der Waals surface area contributed by atoms with Gasteiger partial charge in [-0.3, -0.25) is 0 Å². The zero-order chi connectivity index (χ0) is 17.8. The molecule has 1 saturated carbocycles. The van der Waals surface area contributed by atoms with Crippen LogP contribution >= 0.6 is 39.9 Å². The normalized spacial score (nSPS) is 19.2. The molecule has 0 aliphatic heterocycles. The highest BCUT2D eigenvalue weighted by Gasteiger charge is 2.38. The van der Waals surface area contributed by atoms with Crippen molar-refractivity contribution < 1.29 is 4.52 Å². The van der Waals surface area contributed by atoms with Crippen molar-refractivity contribution in [1.82, 2.24) is 15.8 Å². The number of benzene rings is 1. The van der Waals surface area contributed by atoms with Crippen LogP contribution in [0.4, 0.5) is 0 Å². The number of nitrogens with one attached hydrogen (secondary N) is 2. The summed E-state index contributed by atoms with van der Waals surface area (Å²) in [6, 6.07) is 11.0. The molecule has 1 aromatic carbocycles. The summed E-state index contributed by atoms with van der Waals surface area (Å²) >= 11 is 3.49. The molecule has 0 spiro atoms. The summed E-state index contributed by atoms with van der Waals surface area (Å²) in [7, 11) is 0. The van der Waals surface area contributed by atoms with Crippen molar-refractivity contribution in [2.75, 3.05) is 6.54 Å². The highest BCUT2D eigenvalue weighted by Crippen LogP contribution is 2.41. The first-order valence-electron chi connectivity index (χ1n) is 8.82. The first kappa shape index (κ1) is 21.2. The molecule has 0 bridgehead atoms. The number of aliphatic imine (C=N–C) groups is 1. The molecule has 2 aromatic rings. The van der Waals surface area contributed by atoms with Gasteiger partial charge in [-0.2, -0.15) is 0 Å². The lowest BCUT2D eigenvalue weighted by atomic mass is 10.1. The zero-order valence-corrected chi connectivity index (χ0v) is 19.2. The number of hydrogen-bond donors (Lipinski definition) is 2. The van der Waals surface area contributed by atoms with Gasteiger partial charge in [0.05, 0.1) is 5.69 Å². The van der Waals surface area contributed by atoms with Crippen molar-refractivity contribution in [2.45, 2.75) is 51.6 Å². The minimum Gasteiger partial charge on any atom is -0.359 e. The molecule has 142 valence electrons. The molecule has 1 aliphatic rings. The van der Waals surface area contributed by atoms with E-state index >= 15 is 0 Å². The van der Waals surface area contributed by atoms with E-state index in [1.807, 2.05) is 6.07 Å². The number of halogens is 2. The summed E-state index contributed by atoms with van der Waals surface area (Å²) in [6.07, 6.45) is 1.13. The van der Waals surface area contributed by atoms with Gasteiger partial charge in [0.2, 0.25) is 0 Å². The van der Waals surface area contributed by atoms with E-state index in [9.17, 15) is 0 Å². The molecule has 7 heteroatoms. The van der Waals surface area contributed by atoms with E-state index in [1.165, 1.54) is 5.56 Å². The molecule has 1 fully saturated rings. The van der Waals surface area contributed by atoms with Crippen LogP contribution in [0.3, 0.4) is 0 Å². The minimum atomic E-state index is 0. The largest absolute Gasteiger partial charge is 0.359 e. The number of nitrogens with zero attached hydrogens (tertiary/aromatic N) is 2. The van der Waals surface area contributed by atoms with E-state index in [-0.39, 0.29) is 24.0 Å². The third-order valence-electron chi connectivity index (χ3n) is 4.32. The van der Waals surface area contributed by atoms with Gasteiger partial charge in [0.15, 0.2) is 11.7 Å². The van der Waals surface area contributed by atoms with Crippen LogP contribution < -0.4 is 10.6 Å². The molecule has 2 N–H and O–H groups in total. The molecule has 26 heavy (non-hydrogen) atoms. The van der Waals surface area contributed by atoms with Crippen LogP contribution in [0.15, 0.2) is 44.3 Å². The fourth-order valence-corrected chi connectivity index (χ4v) is 3.03. The Labute approximate surface area is 180 Å². The molecule has 1 heterocycles. The number of aromatic nitrogens is 1. The lowest BCUT2D eigenvalue weighted by molar-refractivity contribution is 0.376. The highest BCUT2D eigenvalue weighted by molar-refractivity contribution is 14.0. The molecule has 2 unspecified atom stereocenters. The number of rotatable bonds is 6. The topological polar surface area (TPSA) is 62.5 Å². The van der Waals surface area contributed by atoms with Crippen molar-refractivity contribution in [1.29, 1.82) is 0 Å². The van der Waals surface area contributed by atoms with E-state index in [1.54, 1.807) is 0 Å². The Balaban J connectivity index is 0.00000243. The van der Waals surface area contributed by atoms with Gasteiger partial charge in [0.25, 0.3) is 0 Å². The molecule has 2 atom stereocenters. The standard InChI is InChI=1S/C19H25BrN4O.HI/c1-4-21-19(22-11-15-9-17(12(2)3)24-25-15)23-18-10-16(18)13-5-7-14(20)8-6-13;/h5-9,12,16,18H,4,10-11H2,1-3H3,(H2,21,22,23);1H.